The Morgan fingerprint density at radius 3 is 1.78 bits per heavy atom. The van der Waals surface area contributed by atoms with Crippen molar-refractivity contribution in [2.75, 3.05) is 0 Å². The molecule has 0 amide bonds. The third-order valence-corrected chi connectivity index (χ3v) is 7.08. The summed E-state index contributed by atoms with van der Waals surface area (Å²) in [4.78, 5) is 2.45. The molecule has 0 fully saturated rings. The second-order valence-electron chi connectivity index (χ2n) is 5.86. The van der Waals surface area contributed by atoms with Crippen LogP contribution in [0.2, 0.25) is 0 Å². The Bertz CT molecular complexity index is 892. The fraction of sp³-hybridized carbons (Fsp3) is 0.150. The Labute approximate surface area is 172 Å². The van der Waals surface area contributed by atoms with Gasteiger partial charge in [-0.25, -0.2) is 0 Å². The van der Waals surface area contributed by atoms with Crippen LogP contribution in [0.15, 0.2) is 60.7 Å². The minimum absolute atomic E-state index is 0.128. The van der Waals surface area contributed by atoms with Crippen LogP contribution in [0, 0.1) is 5.41 Å². The second-order valence-corrected chi connectivity index (χ2v) is 9.23. The molecular weight excluding hydrogens is 392 g/mol. The van der Waals surface area contributed by atoms with E-state index in [9.17, 15) is 0 Å². The largest absolute Gasteiger partial charge is 0.379 e. The molecule has 0 radical (unpaired) electrons. The van der Waals surface area contributed by atoms with E-state index in [0.29, 0.717) is 5.75 Å². The van der Waals surface area contributed by atoms with E-state index >= 15 is 0 Å². The van der Waals surface area contributed by atoms with Crippen LogP contribution in [0.25, 0.3) is 22.3 Å². The molecule has 3 rings (SSSR count). The molecule has 0 unspecified atom stereocenters. The molecule has 1 aromatic heterocycles. The smallest absolute Gasteiger partial charge is 0.151 e. The lowest BCUT2D eigenvalue weighted by Crippen LogP contribution is -2.26. The van der Waals surface area contributed by atoms with E-state index < -0.39 is 5.50 Å². The Balaban J connectivity index is 2.17. The highest BCUT2D eigenvalue weighted by Gasteiger charge is 2.21. The highest BCUT2D eigenvalue weighted by molar-refractivity contribution is 8.13. The van der Waals surface area contributed by atoms with Crippen LogP contribution in [0.4, 0.5) is 0 Å². The van der Waals surface area contributed by atoms with Gasteiger partial charge >= 0.3 is 0 Å². The van der Waals surface area contributed by atoms with E-state index in [4.69, 9.17) is 22.6 Å². The van der Waals surface area contributed by atoms with Gasteiger partial charge in [0.2, 0.25) is 0 Å². The molecule has 0 saturated carbocycles. The Hall–Kier alpha value is -1.77. The third kappa shape index (κ3) is 5.15. The lowest BCUT2D eigenvalue weighted by atomic mass is 9.95. The zero-order valence-corrected chi connectivity index (χ0v) is 17.2. The van der Waals surface area contributed by atoms with Gasteiger partial charge in [-0.15, -0.1) is 23.1 Å². The van der Waals surface area contributed by atoms with Crippen LogP contribution in [-0.4, -0.2) is 10.7 Å². The SMILES string of the molecule is N=C(N)SCc1sc(CSC(N)N)c(-c2ccccc2)c1-c1ccccc1. The van der Waals surface area contributed by atoms with Crippen molar-refractivity contribution in [2.45, 2.75) is 17.0 Å². The first-order chi connectivity index (χ1) is 13.1. The molecule has 3 aromatic rings. The predicted molar refractivity (Wildman–Crippen MR) is 122 cm³/mol. The molecule has 0 bridgehead atoms. The minimum atomic E-state index is -0.411. The van der Waals surface area contributed by atoms with Crippen LogP contribution in [-0.2, 0) is 11.5 Å². The molecule has 140 valence electrons. The van der Waals surface area contributed by atoms with E-state index in [1.54, 1.807) is 11.3 Å². The van der Waals surface area contributed by atoms with Gasteiger partial charge in [-0.05, 0) is 11.1 Å². The maximum atomic E-state index is 7.59. The summed E-state index contributed by atoms with van der Waals surface area (Å²) < 4.78 is 0. The zero-order chi connectivity index (χ0) is 19.2. The first-order valence-corrected chi connectivity index (χ1v) is 11.3. The summed E-state index contributed by atoms with van der Waals surface area (Å²) in [6, 6.07) is 20.8. The number of hydrogen-bond donors (Lipinski definition) is 4. The predicted octanol–water partition coefficient (Wildman–Crippen LogP) is 4.64. The zero-order valence-electron chi connectivity index (χ0n) is 14.7. The van der Waals surface area contributed by atoms with E-state index in [1.807, 2.05) is 24.3 Å². The van der Waals surface area contributed by atoms with Gasteiger partial charge in [-0.1, -0.05) is 72.4 Å². The molecule has 2 aromatic carbocycles. The number of hydrogen-bond acceptors (Lipinski definition) is 6. The van der Waals surface area contributed by atoms with Crippen LogP contribution < -0.4 is 17.2 Å². The van der Waals surface area contributed by atoms with Gasteiger partial charge < -0.3 is 17.2 Å². The van der Waals surface area contributed by atoms with Crippen molar-refractivity contribution in [2.24, 2.45) is 17.2 Å². The molecule has 0 spiro atoms. The van der Waals surface area contributed by atoms with Crippen molar-refractivity contribution in [3.8, 4) is 22.3 Å². The third-order valence-electron chi connectivity index (χ3n) is 3.94. The molecular formula is C20H22N4S3. The van der Waals surface area contributed by atoms with E-state index in [1.165, 1.54) is 55.5 Å². The number of amidine groups is 1. The molecule has 0 aliphatic carbocycles. The summed E-state index contributed by atoms with van der Waals surface area (Å²) in [7, 11) is 0. The van der Waals surface area contributed by atoms with Crippen LogP contribution in [0.1, 0.15) is 9.75 Å². The molecule has 0 aliphatic rings. The van der Waals surface area contributed by atoms with Gasteiger partial charge in [0.15, 0.2) is 5.17 Å². The number of thiophene rings is 1. The fourth-order valence-corrected chi connectivity index (χ4v) is 5.58. The van der Waals surface area contributed by atoms with Crippen molar-refractivity contribution in [1.82, 2.24) is 0 Å². The second kappa shape index (κ2) is 9.43. The molecule has 1 heterocycles. The van der Waals surface area contributed by atoms with Crippen molar-refractivity contribution >= 4 is 40.0 Å². The molecule has 4 nitrogen and oxygen atoms in total. The summed E-state index contributed by atoms with van der Waals surface area (Å²) in [6.45, 7) is 0. The van der Waals surface area contributed by atoms with E-state index in [0.717, 1.165) is 5.75 Å². The van der Waals surface area contributed by atoms with Gasteiger partial charge in [-0.3, -0.25) is 5.41 Å². The van der Waals surface area contributed by atoms with E-state index in [-0.39, 0.29) is 5.17 Å². The summed E-state index contributed by atoms with van der Waals surface area (Å²) in [5, 5.41) is 7.72. The Morgan fingerprint density at radius 1 is 0.852 bits per heavy atom. The average molecular weight is 415 g/mol. The standard InChI is InChI=1S/C20H22N4S3/c21-19(22)25-11-15-17(13-7-3-1-4-8-13)18(14-9-5-2-6-10-14)16(27-15)12-26-20(23)24/h1-10,19H,11-12,21-22H2,(H3,23,24). The highest BCUT2D eigenvalue weighted by atomic mass is 32.2. The van der Waals surface area contributed by atoms with Gasteiger partial charge in [0.25, 0.3) is 0 Å². The topological polar surface area (TPSA) is 102 Å². The maximum absolute atomic E-state index is 7.59. The first kappa shape index (κ1) is 20.0. The average Bonchev–Trinajstić information content (AvgIpc) is 3.04. The van der Waals surface area contributed by atoms with Gasteiger partial charge in [-0.2, -0.15) is 0 Å². The molecule has 27 heavy (non-hydrogen) atoms. The van der Waals surface area contributed by atoms with Gasteiger partial charge in [0.1, 0.15) is 5.50 Å². The molecule has 0 atom stereocenters. The van der Waals surface area contributed by atoms with Crippen molar-refractivity contribution in [1.29, 1.82) is 5.41 Å². The van der Waals surface area contributed by atoms with Crippen LogP contribution in [0.5, 0.6) is 0 Å². The normalized spacial score (nSPS) is 11.1. The number of thioether (sulfide) groups is 2. The first-order valence-electron chi connectivity index (χ1n) is 8.41. The minimum Gasteiger partial charge on any atom is -0.379 e. The lowest BCUT2D eigenvalue weighted by molar-refractivity contribution is 0.987. The van der Waals surface area contributed by atoms with E-state index in [2.05, 4.69) is 36.4 Å². The number of nitrogens with two attached hydrogens (primary N) is 3. The lowest BCUT2D eigenvalue weighted by Gasteiger charge is -2.11. The summed E-state index contributed by atoms with van der Waals surface area (Å²) in [5.74, 6) is 1.42. The number of nitrogens with one attached hydrogen (secondary N) is 1. The quantitative estimate of drug-likeness (QED) is 0.256. The molecule has 0 saturated heterocycles. The highest BCUT2D eigenvalue weighted by Crippen LogP contribution is 2.45. The fourth-order valence-electron chi connectivity index (χ4n) is 2.87. The molecule has 7 heteroatoms. The Morgan fingerprint density at radius 2 is 1.33 bits per heavy atom. The van der Waals surface area contributed by atoms with Crippen molar-refractivity contribution in [3.05, 3.63) is 70.4 Å². The Kier molecular flexibility index (Phi) is 6.98. The van der Waals surface area contributed by atoms with Gasteiger partial charge in [0.05, 0.1) is 0 Å². The van der Waals surface area contributed by atoms with Crippen LogP contribution >= 0.6 is 34.9 Å². The van der Waals surface area contributed by atoms with Crippen molar-refractivity contribution < 1.29 is 0 Å². The monoisotopic (exact) mass is 414 g/mol. The van der Waals surface area contributed by atoms with Gasteiger partial charge in [0, 0.05) is 32.4 Å². The molecule has 0 aliphatic heterocycles. The number of rotatable bonds is 7. The summed E-state index contributed by atoms with van der Waals surface area (Å²) >= 11 is 4.63. The summed E-state index contributed by atoms with van der Waals surface area (Å²) in [6.07, 6.45) is 0. The van der Waals surface area contributed by atoms with Crippen molar-refractivity contribution in [3.63, 3.8) is 0 Å². The molecule has 7 N–H and O–H groups in total. The summed E-state index contributed by atoms with van der Waals surface area (Å²) in [5.41, 5.74) is 21.5. The maximum Gasteiger partial charge on any atom is 0.151 e. The van der Waals surface area contributed by atoms with Crippen LogP contribution in [0.3, 0.4) is 0 Å². The number of benzene rings is 2.